The maximum atomic E-state index is 13.1. The second kappa shape index (κ2) is 8.40. The van der Waals surface area contributed by atoms with Crippen molar-refractivity contribution in [2.45, 2.75) is 12.1 Å². The van der Waals surface area contributed by atoms with E-state index in [1.54, 1.807) is 17.0 Å². The van der Waals surface area contributed by atoms with E-state index in [4.69, 9.17) is 13.9 Å². The summed E-state index contributed by atoms with van der Waals surface area (Å²) in [5.74, 6) is 1.66. The van der Waals surface area contributed by atoms with Gasteiger partial charge >= 0.3 is 0 Å². The van der Waals surface area contributed by atoms with Gasteiger partial charge in [-0.2, -0.15) is 0 Å². The van der Waals surface area contributed by atoms with Crippen LogP contribution in [0.2, 0.25) is 0 Å². The van der Waals surface area contributed by atoms with Crippen LogP contribution in [0.3, 0.4) is 0 Å². The van der Waals surface area contributed by atoms with Gasteiger partial charge in [0.25, 0.3) is 5.22 Å². The normalized spacial score (nSPS) is 12.2. The molecule has 10 heteroatoms. The van der Waals surface area contributed by atoms with Crippen LogP contribution in [0.25, 0.3) is 11.5 Å². The fraction of sp³-hybridized carbons (Fsp3) is 0.143. The molecule has 8 nitrogen and oxygen atoms in total. The molecule has 0 saturated carbocycles. The van der Waals surface area contributed by atoms with Crippen molar-refractivity contribution in [3.63, 3.8) is 0 Å². The Bertz CT molecular complexity index is 1230. The van der Waals surface area contributed by atoms with Crippen LogP contribution >= 0.6 is 23.1 Å². The Hall–Kier alpha value is -3.37. The summed E-state index contributed by atoms with van der Waals surface area (Å²) in [5, 5.41) is 11.0. The first-order valence-electron chi connectivity index (χ1n) is 9.34. The van der Waals surface area contributed by atoms with Crippen LogP contribution < -0.4 is 14.4 Å². The fourth-order valence-electron chi connectivity index (χ4n) is 2.98. The zero-order valence-corrected chi connectivity index (χ0v) is 18.0. The number of thioether (sulfide) groups is 1. The fourth-order valence-corrected chi connectivity index (χ4v) is 4.44. The monoisotopic (exact) mass is 452 g/mol. The number of benzene rings is 2. The van der Waals surface area contributed by atoms with Crippen molar-refractivity contribution in [2.75, 3.05) is 17.4 Å². The number of hydrogen-bond donors (Lipinski definition) is 0. The number of carbonyl (C=O) groups excluding carboxylic acids is 1. The molecule has 5 rings (SSSR count). The minimum atomic E-state index is -0.131. The third-order valence-corrected chi connectivity index (χ3v) is 6.15. The first kappa shape index (κ1) is 19.6. The molecule has 1 amide bonds. The molecule has 156 valence electrons. The summed E-state index contributed by atoms with van der Waals surface area (Å²) in [6, 6.07) is 14.8. The van der Waals surface area contributed by atoms with E-state index < -0.39 is 0 Å². The number of aromatic nitrogens is 3. The molecule has 2 aromatic heterocycles. The zero-order chi connectivity index (χ0) is 21.2. The van der Waals surface area contributed by atoms with E-state index in [1.807, 2.05) is 48.7 Å². The van der Waals surface area contributed by atoms with E-state index in [9.17, 15) is 4.79 Å². The van der Waals surface area contributed by atoms with Gasteiger partial charge < -0.3 is 13.9 Å². The average molecular weight is 453 g/mol. The lowest BCUT2D eigenvalue weighted by Crippen LogP contribution is -2.27. The van der Waals surface area contributed by atoms with E-state index in [0.29, 0.717) is 27.7 Å². The molecular weight excluding hydrogens is 436 g/mol. The predicted molar refractivity (Wildman–Crippen MR) is 117 cm³/mol. The second-order valence-electron chi connectivity index (χ2n) is 6.57. The number of anilines is 2. The molecule has 0 fully saturated rings. The molecular formula is C21H16N4O4S2. The molecule has 0 bridgehead atoms. The van der Waals surface area contributed by atoms with Gasteiger partial charge in [0.1, 0.15) is 0 Å². The molecule has 0 N–H and O–H groups in total. The third kappa shape index (κ3) is 4.12. The van der Waals surface area contributed by atoms with E-state index >= 15 is 0 Å². The lowest BCUT2D eigenvalue weighted by atomic mass is 10.2. The molecule has 3 heterocycles. The molecule has 0 atom stereocenters. The number of carbonyl (C=O) groups is 1. The van der Waals surface area contributed by atoms with Gasteiger partial charge in [0, 0.05) is 10.9 Å². The Labute approximate surface area is 185 Å². The van der Waals surface area contributed by atoms with Gasteiger partial charge in [-0.15, -0.1) is 21.5 Å². The largest absolute Gasteiger partial charge is 0.454 e. The standard InChI is InChI=1S/C21H16N4O4S2/c1-13-10-30-20(22-13)25(15-5-3-2-4-6-15)18(26)11-31-21-24-23-19(29-21)14-7-8-16-17(9-14)28-12-27-16/h2-10H,11-12H2,1H3. The Balaban J connectivity index is 1.31. The lowest BCUT2D eigenvalue weighted by Gasteiger charge is -2.19. The number of rotatable bonds is 6. The predicted octanol–water partition coefficient (Wildman–Crippen LogP) is 4.69. The maximum absolute atomic E-state index is 13.1. The van der Waals surface area contributed by atoms with Crippen molar-refractivity contribution in [1.82, 2.24) is 15.2 Å². The highest BCUT2D eigenvalue weighted by atomic mass is 32.2. The minimum absolute atomic E-state index is 0.121. The van der Waals surface area contributed by atoms with E-state index in [2.05, 4.69) is 15.2 Å². The van der Waals surface area contributed by atoms with Crippen LogP contribution in [-0.4, -0.2) is 33.6 Å². The molecule has 1 aliphatic rings. The topological polar surface area (TPSA) is 90.6 Å². The van der Waals surface area contributed by atoms with Crippen molar-refractivity contribution in [1.29, 1.82) is 0 Å². The summed E-state index contributed by atoms with van der Waals surface area (Å²) in [6.07, 6.45) is 0. The number of thiazole rings is 1. The molecule has 0 saturated heterocycles. The van der Waals surface area contributed by atoms with Gasteiger partial charge in [0.05, 0.1) is 17.1 Å². The van der Waals surface area contributed by atoms with Crippen molar-refractivity contribution >= 4 is 39.8 Å². The molecule has 2 aromatic carbocycles. The van der Waals surface area contributed by atoms with E-state index in [0.717, 1.165) is 16.9 Å². The number of nitrogens with zero attached hydrogens (tertiary/aromatic N) is 4. The number of hydrogen-bond acceptors (Lipinski definition) is 9. The third-order valence-electron chi connectivity index (χ3n) is 4.41. The molecule has 0 aliphatic carbocycles. The van der Waals surface area contributed by atoms with E-state index in [-0.39, 0.29) is 18.5 Å². The highest BCUT2D eigenvalue weighted by molar-refractivity contribution is 7.99. The molecule has 0 unspecified atom stereocenters. The van der Waals surface area contributed by atoms with Gasteiger partial charge in [-0.05, 0) is 37.3 Å². The summed E-state index contributed by atoms with van der Waals surface area (Å²) < 4.78 is 16.4. The SMILES string of the molecule is Cc1csc(N(C(=O)CSc2nnc(-c3ccc4c(c3)OCO4)o2)c2ccccc2)n1. The van der Waals surface area contributed by atoms with Gasteiger partial charge in [0.15, 0.2) is 16.6 Å². The number of para-hydroxylation sites is 1. The summed E-state index contributed by atoms with van der Waals surface area (Å²) in [6.45, 7) is 2.10. The highest BCUT2D eigenvalue weighted by Crippen LogP contribution is 2.36. The molecule has 1 aliphatic heterocycles. The average Bonchev–Trinajstić information content (AvgIpc) is 3.54. The smallest absolute Gasteiger partial charge is 0.277 e. The Morgan fingerprint density at radius 1 is 1.13 bits per heavy atom. The van der Waals surface area contributed by atoms with Crippen LogP contribution in [0.1, 0.15) is 5.69 Å². The van der Waals surface area contributed by atoms with Crippen LogP contribution in [0, 0.1) is 6.92 Å². The summed E-state index contributed by atoms with van der Waals surface area (Å²) in [4.78, 5) is 19.2. The lowest BCUT2D eigenvalue weighted by molar-refractivity contribution is -0.115. The number of amides is 1. The highest BCUT2D eigenvalue weighted by Gasteiger charge is 2.22. The first-order chi connectivity index (χ1) is 15.2. The van der Waals surface area contributed by atoms with Crippen molar-refractivity contribution in [3.8, 4) is 23.0 Å². The molecule has 0 radical (unpaired) electrons. The second-order valence-corrected chi connectivity index (χ2v) is 8.33. The molecule has 4 aromatic rings. The van der Waals surface area contributed by atoms with Gasteiger partial charge in [-0.1, -0.05) is 30.0 Å². The van der Waals surface area contributed by atoms with Crippen LogP contribution in [-0.2, 0) is 4.79 Å². The summed E-state index contributed by atoms with van der Waals surface area (Å²) in [7, 11) is 0. The number of ether oxygens (including phenoxy) is 2. The number of fused-ring (bicyclic) bond motifs is 1. The number of aryl methyl sites for hydroxylation is 1. The molecule has 31 heavy (non-hydrogen) atoms. The summed E-state index contributed by atoms with van der Waals surface area (Å²) >= 11 is 2.61. The first-order valence-corrected chi connectivity index (χ1v) is 11.2. The zero-order valence-electron chi connectivity index (χ0n) is 16.3. The quantitative estimate of drug-likeness (QED) is 0.389. The van der Waals surface area contributed by atoms with Crippen molar-refractivity contribution in [2.24, 2.45) is 0 Å². The van der Waals surface area contributed by atoms with Gasteiger partial charge in [-0.3, -0.25) is 9.69 Å². The Kier molecular flexibility index (Phi) is 5.31. The van der Waals surface area contributed by atoms with Gasteiger partial charge in [0.2, 0.25) is 18.6 Å². The van der Waals surface area contributed by atoms with Crippen molar-refractivity contribution in [3.05, 3.63) is 59.6 Å². The van der Waals surface area contributed by atoms with E-state index in [1.165, 1.54) is 23.1 Å². The Morgan fingerprint density at radius 3 is 2.77 bits per heavy atom. The Morgan fingerprint density at radius 2 is 1.97 bits per heavy atom. The molecule has 0 spiro atoms. The van der Waals surface area contributed by atoms with Crippen molar-refractivity contribution < 1.29 is 18.7 Å². The van der Waals surface area contributed by atoms with Crippen LogP contribution in [0.5, 0.6) is 11.5 Å². The minimum Gasteiger partial charge on any atom is -0.454 e. The van der Waals surface area contributed by atoms with Crippen LogP contribution in [0.15, 0.2) is 63.6 Å². The van der Waals surface area contributed by atoms with Crippen LogP contribution in [0.4, 0.5) is 10.8 Å². The maximum Gasteiger partial charge on any atom is 0.277 e. The van der Waals surface area contributed by atoms with Gasteiger partial charge in [-0.25, -0.2) is 4.98 Å². The summed E-state index contributed by atoms with van der Waals surface area (Å²) in [5.41, 5.74) is 2.35.